The first kappa shape index (κ1) is 18.6. The van der Waals surface area contributed by atoms with Gasteiger partial charge in [0.25, 0.3) is 5.91 Å². The molecule has 3 N–H and O–H groups in total. The summed E-state index contributed by atoms with van der Waals surface area (Å²) in [5.74, 6) is -0.192. The summed E-state index contributed by atoms with van der Waals surface area (Å²) in [5, 5.41) is 3.55. The predicted molar refractivity (Wildman–Crippen MR) is 110 cm³/mol. The van der Waals surface area contributed by atoms with Crippen LogP contribution in [-0.2, 0) is 0 Å². The highest BCUT2D eigenvalue weighted by molar-refractivity contribution is 6.30. The number of halogens is 1. The van der Waals surface area contributed by atoms with Gasteiger partial charge in [0.1, 0.15) is 0 Å². The molecular formula is C21H26ClN3O. The highest BCUT2D eigenvalue weighted by atomic mass is 35.5. The van der Waals surface area contributed by atoms with Crippen LogP contribution in [0.1, 0.15) is 49.0 Å². The van der Waals surface area contributed by atoms with E-state index in [0.29, 0.717) is 34.0 Å². The fourth-order valence-corrected chi connectivity index (χ4v) is 3.92. The lowest BCUT2D eigenvalue weighted by Gasteiger charge is -2.42. The van der Waals surface area contributed by atoms with Crippen LogP contribution in [0.2, 0.25) is 5.02 Å². The Hall–Kier alpha value is -2.20. The predicted octanol–water partition coefficient (Wildman–Crippen LogP) is 5.25. The van der Waals surface area contributed by atoms with Crippen LogP contribution in [0.5, 0.6) is 0 Å². The molecule has 1 amide bonds. The summed E-state index contributed by atoms with van der Waals surface area (Å²) in [7, 11) is 0. The van der Waals surface area contributed by atoms with E-state index < -0.39 is 0 Å². The van der Waals surface area contributed by atoms with Crippen molar-refractivity contribution in [3.05, 3.63) is 52.5 Å². The zero-order valence-corrected chi connectivity index (χ0v) is 16.3. The van der Waals surface area contributed by atoms with E-state index in [0.717, 1.165) is 11.3 Å². The van der Waals surface area contributed by atoms with Gasteiger partial charge >= 0.3 is 0 Å². The van der Waals surface area contributed by atoms with Gasteiger partial charge in [-0.15, -0.1) is 0 Å². The zero-order valence-electron chi connectivity index (χ0n) is 15.6. The highest BCUT2D eigenvalue weighted by Gasteiger charge is 2.26. The van der Waals surface area contributed by atoms with Crippen LogP contribution in [-0.4, -0.2) is 18.0 Å². The number of nitrogens with zero attached hydrogens (tertiary/aromatic N) is 1. The number of anilines is 3. The van der Waals surface area contributed by atoms with Gasteiger partial charge in [-0.1, -0.05) is 11.6 Å². The average molecular weight is 372 g/mol. The van der Waals surface area contributed by atoms with Gasteiger partial charge in [0, 0.05) is 28.4 Å². The standard InChI is InChI=1S/C21H26ClN3O/c1-13-11-18(23)19(24-21(26)16-7-9-17(22)10-8-16)12-20(13)25-14(2)5-4-6-15(25)3/h7-12,14-15H,4-6,23H2,1-3H3,(H,24,26)/t14-,15-/m0/s1. The van der Waals surface area contributed by atoms with Crippen molar-refractivity contribution >= 4 is 34.6 Å². The molecule has 0 radical (unpaired) electrons. The number of aryl methyl sites for hydroxylation is 1. The zero-order chi connectivity index (χ0) is 18.8. The van der Waals surface area contributed by atoms with Gasteiger partial charge in [-0.3, -0.25) is 4.79 Å². The Morgan fingerprint density at radius 2 is 1.77 bits per heavy atom. The molecule has 138 valence electrons. The molecule has 0 bridgehead atoms. The molecule has 1 heterocycles. The van der Waals surface area contributed by atoms with Gasteiger partial charge in [0.2, 0.25) is 0 Å². The van der Waals surface area contributed by atoms with E-state index in [1.54, 1.807) is 24.3 Å². The second-order valence-corrected chi connectivity index (χ2v) is 7.66. The number of hydrogen-bond acceptors (Lipinski definition) is 3. The molecule has 1 aliphatic rings. The molecule has 2 aromatic rings. The number of nitrogens with two attached hydrogens (primary N) is 1. The van der Waals surface area contributed by atoms with Crippen LogP contribution in [0, 0.1) is 6.92 Å². The Balaban J connectivity index is 1.90. The van der Waals surface area contributed by atoms with E-state index in [1.165, 1.54) is 19.3 Å². The van der Waals surface area contributed by atoms with Gasteiger partial charge < -0.3 is 16.0 Å². The van der Waals surface area contributed by atoms with E-state index in [9.17, 15) is 4.79 Å². The van der Waals surface area contributed by atoms with Crippen LogP contribution in [0.25, 0.3) is 0 Å². The molecule has 0 aliphatic carbocycles. The second kappa shape index (κ2) is 7.58. The third-order valence-corrected chi connectivity index (χ3v) is 5.45. The largest absolute Gasteiger partial charge is 0.397 e. The maximum Gasteiger partial charge on any atom is 0.255 e. The lowest BCUT2D eigenvalue weighted by atomic mass is 9.95. The molecule has 5 heteroatoms. The molecule has 0 saturated carbocycles. The Bertz CT molecular complexity index is 794. The van der Waals surface area contributed by atoms with Crippen molar-refractivity contribution in [2.45, 2.75) is 52.1 Å². The molecule has 0 spiro atoms. The minimum absolute atomic E-state index is 0.192. The maximum atomic E-state index is 12.6. The summed E-state index contributed by atoms with van der Waals surface area (Å²) in [5.41, 5.74) is 10.2. The minimum Gasteiger partial charge on any atom is -0.397 e. The Morgan fingerprint density at radius 1 is 1.15 bits per heavy atom. The van der Waals surface area contributed by atoms with Gasteiger partial charge in [-0.05, 0) is 82.0 Å². The number of benzene rings is 2. The number of carbonyl (C=O) groups is 1. The average Bonchev–Trinajstić information content (AvgIpc) is 2.59. The van der Waals surface area contributed by atoms with Gasteiger partial charge in [-0.25, -0.2) is 0 Å². The second-order valence-electron chi connectivity index (χ2n) is 7.22. The first-order valence-corrected chi connectivity index (χ1v) is 9.50. The summed E-state index contributed by atoms with van der Waals surface area (Å²) in [4.78, 5) is 15.0. The number of piperidine rings is 1. The molecule has 2 atom stereocenters. The highest BCUT2D eigenvalue weighted by Crippen LogP contribution is 2.36. The fourth-order valence-electron chi connectivity index (χ4n) is 3.80. The van der Waals surface area contributed by atoms with Crippen molar-refractivity contribution in [3.63, 3.8) is 0 Å². The number of hydrogen-bond donors (Lipinski definition) is 2. The SMILES string of the molecule is Cc1cc(N)c(NC(=O)c2ccc(Cl)cc2)cc1N1[C@@H](C)CCC[C@@H]1C. The summed E-state index contributed by atoms with van der Waals surface area (Å²) in [6.45, 7) is 6.60. The van der Waals surface area contributed by atoms with Crippen LogP contribution in [0.4, 0.5) is 17.1 Å². The van der Waals surface area contributed by atoms with Gasteiger partial charge in [0.15, 0.2) is 0 Å². The van der Waals surface area contributed by atoms with Gasteiger partial charge in [-0.2, -0.15) is 0 Å². The summed E-state index contributed by atoms with van der Waals surface area (Å²) >= 11 is 5.90. The molecule has 4 nitrogen and oxygen atoms in total. The van der Waals surface area contributed by atoms with Crippen molar-refractivity contribution in [2.75, 3.05) is 16.0 Å². The monoisotopic (exact) mass is 371 g/mol. The van der Waals surface area contributed by atoms with Crippen molar-refractivity contribution in [3.8, 4) is 0 Å². The van der Waals surface area contributed by atoms with Crippen LogP contribution in [0.15, 0.2) is 36.4 Å². The number of nitrogens with one attached hydrogen (secondary N) is 1. The lowest BCUT2D eigenvalue weighted by Crippen LogP contribution is -2.44. The maximum absolute atomic E-state index is 12.6. The first-order valence-electron chi connectivity index (χ1n) is 9.12. The molecule has 1 saturated heterocycles. The smallest absolute Gasteiger partial charge is 0.255 e. The van der Waals surface area contributed by atoms with E-state index >= 15 is 0 Å². The van der Waals surface area contributed by atoms with Crippen LogP contribution in [0.3, 0.4) is 0 Å². The topological polar surface area (TPSA) is 58.4 Å². The van der Waals surface area contributed by atoms with Crippen LogP contribution < -0.4 is 16.0 Å². The Kier molecular flexibility index (Phi) is 5.42. The summed E-state index contributed by atoms with van der Waals surface area (Å²) < 4.78 is 0. The molecule has 2 aromatic carbocycles. The molecule has 1 fully saturated rings. The van der Waals surface area contributed by atoms with E-state index in [2.05, 4.69) is 31.0 Å². The number of carbonyl (C=O) groups excluding carboxylic acids is 1. The number of nitrogen functional groups attached to an aromatic ring is 1. The van der Waals surface area contributed by atoms with E-state index in [-0.39, 0.29) is 5.91 Å². The normalized spacial score (nSPS) is 20.1. The molecular weight excluding hydrogens is 346 g/mol. The van der Waals surface area contributed by atoms with E-state index in [1.807, 2.05) is 12.1 Å². The Morgan fingerprint density at radius 3 is 2.38 bits per heavy atom. The molecule has 1 aliphatic heterocycles. The summed E-state index contributed by atoms with van der Waals surface area (Å²) in [6, 6.07) is 11.7. The first-order chi connectivity index (χ1) is 12.4. The van der Waals surface area contributed by atoms with Crippen molar-refractivity contribution in [1.29, 1.82) is 0 Å². The van der Waals surface area contributed by atoms with Crippen molar-refractivity contribution in [1.82, 2.24) is 0 Å². The fraction of sp³-hybridized carbons (Fsp3) is 0.381. The lowest BCUT2D eigenvalue weighted by molar-refractivity contribution is 0.102. The van der Waals surface area contributed by atoms with Gasteiger partial charge in [0.05, 0.1) is 11.4 Å². The molecule has 0 unspecified atom stereocenters. The number of amides is 1. The van der Waals surface area contributed by atoms with Crippen molar-refractivity contribution < 1.29 is 4.79 Å². The molecule has 0 aromatic heterocycles. The minimum atomic E-state index is -0.192. The van der Waals surface area contributed by atoms with E-state index in [4.69, 9.17) is 17.3 Å². The quantitative estimate of drug-likeness (QED) is 0.724. The number of rotatable bonds is 3. The van der Waals surface area contributed by atoms with Crippen LogP contribution >= 0.6 is 11.6 Å². The third kappa shape index (κ3) is 3.80. The summed E-state index contributed by atoms with van der Waals surface area (Å²) in [6.07, 6.45) is 3.62. The Labute approximate surface area is 160 Å². The molecule has 3 rings (SSSR count). The molecule has 26 heavy (non-hydrogen) atoms. The third-order valence-electron chi connectivity index (χ3n) is 5.19. The van der Waals surface area contributed by atoms with Crippen molar-refractivity contribution in [2.24, 2.45) is 0 Å².